The Kier molecular flexibility index (Phi) is 15.9. The van der Waals surface area contributed by atoms with Crippen LogP contribution >= 0.6 is 0 Å². The number of aliphatic hydroxyl groups excluding tert-OH is 1. The van der Waals surface area contributed by atoms with Crippen molar-refractivity contribution in [3.63, 3.8) is 0 Å². The summed E-state index contributed by atoms with van der Waals surface area (Å²) < 4.78 is 5.23. The van der Waals surface area contributed by atoms with Crippen molar-refractivity contribution in [1.82, 2.24) is 0 Å². The average Bonchev–Trinajstić information content (AvgIpc) is 2.57. The van der Waals surface area contributed by atoms with Gasteiger partial charge >= 0.3 is 11.9 Å². The molecule has 0 bridgehead atoms. The molecule has 0 rings (SSSR count). The predicted octanol–water partition coefficient (Wildman–Crippen LogP) is 5.93. The lowest BCUT2D eigenvalue weighted by Gasteiger charge is -2.15. The van der Waals surface area contributed by atoms with E-state index in [4.69, 9.17) is 9.84 Å². The maximum absolute atomic E-state index is 11.9. The molecule has 0 spiro atoms. The topological polar surface area (TPSA) is 83.8 Å². The fraction of sp³-hybridized carbons (Fsp3) is 0.810. The van der Waals surface area contributed by atoms with E-state index in [-0.39, 0.29) is 12.2 Å². The molecular weight excluding hydrogens is 332 g/mol. The van der Waals surface area contributed by atoms with Crippen molar-refractivity contribution < 1.29 is 24.5 Å². The molecule has 0 fully saturated rings. The smallest absolute Gasteiger partial charge is 0.334 e. The fourth-order valence-corrected chi connectivity index (χ4v) is 2.87. The number of carboxylic acid groups (broad SMARTS) is 1. The van der Waals surface area contributed by atoms with Crippen LogP contribution in [-0.2, 0) is 14.3 Å². The number of ether oxygens (including phenoxy) is 1. The predicted molar refractivity (Wildman–Crippen MR) is 104 cm³/mol. The molecule has 0 aliphatic rings. The zero-order valence-electron chi connectivity index (χ0n) is 16.7. The minimum atomic E-state index is -0.977. The molecule has 1 unspecified atom stereocenters. The van der Waals surface area contributed by atoms with Gasteiger partial charge in [0.15, 0.2) is 0 Å². The molecule has 26 heavy (non-hydrogen) atoms. The van der Waals surface area contributed by atoms with Crippen LogP contribution in [0.1, 0.15) is 104 Å². The highest BCUT2D eigenvalue weighted by molar-refractivity contribution is 5.82. The molecule has 0 saturated carbocycles. The Balaban J connectivity index is 4.11. The lowest BCUT2D eigenvalue weighted by Crippen LogP contribution is -2.21. The molecule has 5 nitrogen and oxygen atoms in total. The Labute approximate surface area is 158 Å². The van der Waals surface area contributed by atoms with Crippen molar-refractivity contribution in [3.05, 3.63) is 11.8 Å². The standard InChI is InChI=1S/C21H38O5/c1-3-5-7-9-10-11-12-14-18(22)16-21(25)26-19(17-20(23)24)15-13-8-6-4-2/h16,19,22H,3-15,17H2,1-2H3,(H,23,24). The van der Waals surface area contributed by atoms with Crippen molar-refractivity contribution in [1.29, 1.82) is 0 Å². The maximum atomic E-state index is 11.9. The third kappa shape index (κ3) is 16.0. The van der Waals surface area contributed by atoms with Crippen LogP contribution < -0.4 is 0 Å². The number of hydrogen-bond donors (Lipinski definition) is 2. The quantitative estimate of drug-likeness (QED) is 0.143. The molecule has 0 saturated heterocycles. The summed E-state index contributed by atoms with van der Waals surface area (Å²) in [7, 11) is 0. The van der Waals surface area contributed by atoms with E-state index in [0.29, 0.717) is 12.8 Å². The van der Waals surface area contributed by atoms with Crippen LogP contribution in [0.4, 0.5) is 0 Å². The molecule has 0 radical (unpaired) electrons. The second-order valence-corrected chi connectivity index (χ2v) is 7.01. The molecule has 0 aromatic heterocycles. The number of aliphatic hydroxyl groups is 1. The largest absolute Gasteiger partial charge is 0.512 e. The Morgan fingerprint density at radius 2 is 1.38 bits per heavy atom. The van der Waals surface area contributed by atoms with E-state index in [2.05, 4.69) is 13.8 Å². The lowest BCUT2D eigenvalue weighted by molar-refractivity contribution is -0.148. The average molecular weight is 371 g/mol. The van der Waals surface area contributed by atoms with E-state index in [0.717, 1.165) is 51.0 Å². The molecule has 5 heteroatoms. The van der Waals surface area contributed by atoms with Crippen molar-refractivity contribution in [3.8, 4) is 0 Å². The molecule has 0 aliphatic carbocycles. The number of hydrogen-bond acceptors (Lipinski definition) is 4. The molecule has 0 aliphatic heterocycles. The van der Waals surface area contributed by atoms with Gasteiger partial charge in [-0.05, 0) is 19.3 Å². The SMILES string of the molecule is CCCCCCCCCC(O)=CC(=O)OC(CCCCCC)CC(=O)O. The Morgan fingerprint density at radius 1 is 0.846 bits per heavy atom. The Morgan fingerprint density at radius 3 is 1.96 bits per heavy atom. The fourth-order valence-electron chi connectivity index (χ4n) is 2.87. The van der Waals surface area contributed by atoms with Gasteiger partial charge in [-0.15, -0.1) is 0 Å². The summed E-state index contributed by atoms with van der Waals surface area (Å²) in [5, 5.41) is 18.8. The normalized spacial score (nSPS) is 12.8. The number of carboxylic acids is 1. The minimum absolute atomic E-state index is 0.0172. The van der Waals surface area contributed by atoms with Gasteiger partial charge in [-0.25, -0.2) is 4.79 Å². The van der Waals surface area contributed by atoms with Crippen LogP contribution in [0.15, 0.2) is 11.8 Å². The number of esters is 1. The van der Waals surface area contributed by atoms with Gasteiger partial charge in [-0.3, -0.25) is 4.79 Å². The molecular formula is C21H38O5. The lowest BCUT2D eigenvalue weighted by atomic mass is 10.1. The zero-order chi connectivity index (χ0) is 19.6. The number of rotatable bonds is 17. The van der Waals surface area contributed by atoms with Gasteiger partial charge in [0.2, 0.25) is 0 Å². The minimum Gasteiger partial charge on any atom is -0.512 e. The number of unbranched alkanes of at least 4 members (excludes halogenated alkanes) is 9. The van der Waals surface area contributed by atoms with Gasteiger partial charge in [-0.1, -0.05) is 71.6 Å². The van der Waals surface area contributed by atoms with Gasteiger partial charge in [0.25, 0.3) is 0 Å². The van der Waals surface area contributed by atoms with Crippen LogP contribution in [0.3, 0.4) is 0 Å². The summed E-state index contributed by atoms with van der Waals surface area (Å²) in [5.74, 6) is -1.61. The zero-order valence-corrected chi connectivity index (χ0v) is 16.7. The summed E-state index contributed by atoms with van der Waals surface area (Å²) in [6.45, 7) is 4.29. The van der Waals surface area contributed by atoms with E-state index >= 15 is 0 Å². The summed E-state index contributed by atoms with van der Waals surface area (Å²) in [4.78, 5) is 22.8. The van der Waals surface area contributed by atoms with E-state index in [1.807, 2.05) is 0 Å². The number of carbonyl (C=O) groups excluding carboxylic acids is 1. The van der Waals surface area contributed by atoms with E-state index < -0.39 is 18.0 Å². The monoisotopic (exact) mass is 370 g/mol. The summed E-state index contributed by atoms with van der Waals surface area (Å²) >= 11 is 0. The van der Waals surface area contributed by atoms with Crippen molar-refractivity contribution in [2.75, 3.05) is 0 Å². The Hall–Kier alpha value is -1.52. The van der Waals surface area contributed by atoms with Crippen LogP contribution in [-0.4, -0.2) is 28.3 Å². The first-order valence-electron chi connectivity index (χ1n) is 10.3. The molecule has 2 N–H and O–H groups in total. The molecule has 0 heterocycles. The van der Waals surface area contributed by atoms with E-state index in [1.54, 1.807) is 0 Å². The molecule has 1 atom stereocenters. The highest BCUT2D eigenvalue weighted by Crippen LogP contribution is 2.14. The van der Waals surface area contributed by atoms with Gasteiger partial charge in [0.05, 0.1) is 18.3 Å². The molecule has 152 valence electrons. The van der Waals surface area contributed by atoms with Crippen LogP contribution in [0, 0.1) is 0 Å². The first kappa shape index (κ1) is 24.5. The van der Waals surface area contributed by atoms with Crippen LogP contribution in [0.2, 0.25) is 0 Å². The highest BCUT2D eigenvalue weighted by Gasteiger charge is 2.17. The van der Waals surface area contributed by atoms with Gasteiger partial charge in [0.1, 0.15) is 6.10 Å². The van der Waals surface area contributed by atoms with Crippen LogP contribution in [0.25, 0.3) is 0 Å². The molecule has 0 aromatic rings. The highest BCUT2D eigenvalue weighted by atomic mass is 16.5. The van der Waals surface area contributed by atoms with Crippen LogP contribution in [0.5, 0.6) is 0 Å². The summed E-state index contributed by atoms with van der Waals surface area (Å²) in [6, 6.07) is 0. The van der Waals surface area contributed by atoms with Gasteiger partial charge in [0, 0.05) is 6.42 Å². The van der Waals surface area contributed by atoms with Crippen molar-refractivity contribution in [2.45, 2.75) is 110 Å². The van der Waals surface area contributed by atoms with Crippen molar-refractivity contribution >= 4 is 11.9 Å². The second kappa shape index (κ2) is 16.9. The number of allylic oxidation sites excluding steroid dienone is 1. The van der Waals surface area contributed by atoms with E-state index in [9.17, 15) is 14.7 Å². The number of carbonyl (C=O) groups is 2. The van der Waals surface area contributed by atoms with E-state index in [1.165, 1.54) is 25.7 Å². The second-order valence-electron chi connectivity index (χ2n) is 7.01. The van der Waals surface area contributed by atoms with Gasteiger partial charge < -0.3 is 14.9 Å². The summed E-state index contributed by atoms with van der Waals surface area (Å²) in [5.41, 5.74) is 0. The third-order valence-electron chi connectivity index (χ3n) is 4.39. The first-order valence-corrected chi connectivity index (χ1v) is 10.3. The number of aliphatic carboxylic acids is 1. The Bertz CT molecular complexity index is 403. The van der Waals surface area contributed by atoms with Gasteiger partial charge in [-0.2, -0.15) is 0 Å². The first-order chi connectivity index (χ1) is 12.5. The molecule has 0 aromatic carbocycles. The molecule has 0 amide bonds. The third-order valence-corrected chi connectivity index (χ3v) is 4.39. The van der Waals surface area contributed by atoms with Crippen molar-refractivity contribution in [2.24, 2.45) is 0 Å². The maximum Gasteiger partial charge on any atom is 0.334 e. The summed E-state index contributed by atoms with van der Waals surface area (Å²) in [6.07, 6.45) is 13.3.